The van der Waals surface area contributed by atoms with Crippen LogP contribution in [0.25, 0.3) is 10.9 Å². The molecule has 1 heterocycles. The smallest absolute Gasteiger partial charge is 0.213 e. The van der Waals surface area contributed by atoms with Crippen LogP contribution in [0.4, 0.5) is 0 Å². The maximum absolute atomic E-state index is 11.2. The summed E-state index contributed by atoms with van der Waals surface area (Å²) in [4.78, 5) is 5.38. The van der Waals surface area contributed by atoms with E-state index in [4.69, 9.17) is 5.14 Å². The largest absolute Gasteiger partial charge is 0.361 e. The molecule has 5 nitrogen and oxygen atoms in total. The van der Waals surface area contributed by atoms with Crippen molar-refractivity contribution in [1.82, 2.24) is 9.88 Å². The maximum atomic E-state index is 11.2. The van der Waals surface area contributed by atoms with Gasteiger partial charge in [-0.25, -0.2) is 13.6 Å². The number of nitrogens with zero attached hydrogens (tertiary/aromatic N) is 1. The van der Waals surface area contributed by atoms with Gasteiger partial charge in [0.15, 0.2) is 0 Å². The fourth-order valence-electron chi connectivity index (χ4n) is 2.34. The van der Waals surface area contributed by atoms with Crippen LogP contribution >= 0.6 is 0 Å². The molecule has 0 aliphatic carbocycles. The Balaban J connectivity index is 2.21. The average Bonchev–Trinajstić information content (AvgIpc) is 2.69. The monoisotopic (exact) mass is 295 g/mol. The van der Waals surface area contributed by atoms with E-state index >= 15 is 0 Å². The molecule has 0 unspecified atom stereocenters. The van der Waals surface area contributed by atoms with E-state index in [1.807, 2.05) is 18.3 Å². The number of primary sulfonamides is 1. The van der Waals surface area contributed by atoms with Gasteiger partial charge in [-0.1, -0.05) is 6.07 Å². The second-order valence-electron chi connectivity index (χ2n) is 5.41. The summed E-state index contributed by atoms with van der Waals surface area (Å²) in [5.74, 6) is -0.120. The summed E-state index contributed by atoms with van der Waals surface area (Å²) < 4.78 is 22.3. The normalized spacial score (nSPS) is 12.4. The Morgan fingerprint density at radius 3 is 2.70 bits per heavy atom. The molecular formula is C14H21N3O2S. The highest BCUT2D eigenvalue weighted by molar-refractivity contribution is 7.88. The molecule has 1 aromatic heterocycles. The summed E-state index contributed by atoms with van der Waals surface area (Å²) in [6.45, 7) is 1.03. The minimum Gasteiger partial charge on any atom is -0.361 e. The number of aromatic amines is 1. The van der Waals surface area contributed by atoms with Crippen molar-refractivity contribution in [3.05, 3.63) is 35.5 Å². The highest BCUT2D eigenvalue weighted by Gasteiger charge is 2.09. The molecule has 0 saturated heterocycles. The van der Waals surface area contributed by atoms with E-state index in [1.165, 1.54) is 5.56 Å². The highest BCUT2D eigenvalue weighted by atomic mass is 32.2. The molecular weight excluding hydrogens is 274 g/mol. The number of nitrogens with one attached hydrogen (secondary N) is 1. The van der Waals surface area contributed by atoms with Crippen molar-refractivity contribution in [2.45, 2.75) is 18.6 Å². The van der Waals surface area contributed by atoms with Gasteiger partial charge in [0.2, 0.25) is 10.0 Å². The first-order valence-corrected chi connectivity index (χ1v) is 8.31. The zero-order chi connectivity index (χ0) is 14.8. The third-order valence-corrected chi connectivity index (χ3v) is 3.99. The Kier molecular flexibility index (Phi) is 4.47. The quantitative estimate of drug-likeness (QED) is 0.846. The van der Waals surface area contributed by atoms with Gasteiger partial charge in [-0.2, -0.15) is 0 Å². The number of hydrogen-bond donors (Lipinski definition) is 2. The molecule has 0 atom stereocenters. The molecule has 0 aliphatic heterocycles. The summed E-state index contributed by atoms with van der Waals surface area (Å²) in [5.41, 5.74) is 2.98. The lowest BCUT2D eigenvalue weighted by atomic mass is 10.1. The number of aromatic nitrogens is 1. The zero-order valence-corrected chi connectivity index (χ0v) is 12.7. The van der Waals surface area contributed by atoms with Gasteiger partial charge < -0.3 is 9.88 Å². The minimum atomic E-state index is -3.49. The lowest BCUT2D eigenvalue weighted by Crippen LogP contribution is -2.14. The fourth-order valence-corrected chi connectivity index (χ4v) is 2.98. The first-order valence-electron chi connectivity index (χ1n) is 6.59. The van der Waals surface area contributed by atoms with Crippen molar-refractivity contribution < 1.29 is 8.42 Å². The maximum Gasteiger partial charge on any atom is 0.213 e. The second-order valence-corrected chi connectivity index (χ2v) is 7.02. The third-order valence-electron chi connectivity index (χ3n) is 3.25. The molecule has 0 saturated carbocycles. The molecule has 20 heavy (non-hydrogen) atoms. The van der Waals surface area contributed by atoms with Crippen molar-refractivity contribution in [3.63, 3.8) is 0 Å². The summed E-state index contributed by atoms with van der Waals surface area (Å²) in [6.07, 6.45) is 4.04. The van der Waals surface area contributed by atoms with Crippen molar-refractivity contribution in [3.8, 4) is 0 Å². The molecule has 6 heteroatoms. The summed E-state index contributed by atoms with van der Waals surface area (Å²) >= 11 is 0. The van der Waals surface area contributed by atoms with Gasteiger partial charge >= 0.3 is 0 Å². The van der Waals surface area contributed by atoms with Crippen LogP contribution in [0.1, 0.15) is 17.5 Å². The van der Waals surface area contributed by atoms with Gasteiger partial charge in [-0.05, 0) is 56.7 Å². The molecule has 3 N–H and O–H groups in total. The minimum absolute atomic E-state index is 0.120. The number of benzene rings is 1. The first-order chi connectivity index (χ1) is 9.35. The van der Waals surface area contributed by atoms with E-state index < -0.39 is 10.0 Å². The zero-order valence-electron chi connectivity index (χ0n) is 11.9. The van der Waals surface area contributed by atoms with Crippen LogP contribution in [0.5, 0.6) is 0 Å². The molecule has 0 amide bonds. The number of aryl methyl sites for hydroxylation is 1. The Morgan fingerprint density at radius 1 is 1.30 bits per heavy atom. The summed E-state index contributed by atoms with van der Waals surface area (Å²) in [6, 6.07) is 5.62. The number of sulfonamides is 1. The van der Waals surface area contributed by atoms with Crippen LogP contribution in [0.3, 0.4) is 0 Å². The van der Waals surface area contributed by atoms with Gasteiger partial charge in [0.1, 0.15) is 0 Å². The topological polar surface area (TPSA) is 79.2 Å². The lowest BCUT2D eigenvalue weighted by molar-refractivity contribution is 0.400. The Labute approximate surface area is 119 Å². The molecule has 0 fully saturated rings. The van der Waals surface area contributed by atoms with Crippen LogP contribution in [0.2, 0.25) is 0 Å². The van der Waals surface area contributed by atoms with E-state index in [1.54, 1.807) is 6.07 Å². The van der Waals surface area contributed by atoms with Crippen LogP contribution in [0, 0.1) is 0 Å². The Bertz CT molecular complexity index is 690. The van der Waals surface area contributed by atoms with E-state index in [-0.39, 0.29) is 5.75 Å². The average molecular weight is 295 g/mol. The number of fused-ring (bicyclic) bond motifs is 1. The third kappa shape index (κ3) is 4.06. The van der Waals surface area contributed by atoms with Crippen molar-refractivity contribution >= 4 is 20.9 Å². The van der Waals surface area contributed by atoms with E-state index in [2.05, 4.69) is 24.0 Å². The van der Waals surface area contributed by atoms with Crippen LogP contribution in [-0.4, -0.2) is 38.9 Å². The van der Waals surface area contributed by atoms with Gasteiger partial charge in [0, 0.05) is 17.1 Å². The molecule has 1 aromatic carbocycles. The number of H-pyrrole nitrogens is 1. The first kappa shape index (κ1) is 15.0. The van der Waals surface area contributed by atoms with E-state index in [9.17, 15) is 8.42 Å². The predicted octanol–water partition coefficient (Wildman–Crippen LogP) is 1.45. The van der Waals surface area contributed by atoms with Crippen molar-refractivity contribution in [2.24, 2.45) is 5.14 Å². The van der Waals surface area contributed by atoms with Gasteiger partial charge in [0.25, 0.3) is 0 Å². The molecule has 0 spiro atoms. The molecule has 2 aromatic rings. The number of nitrogens with two attached hydrogens (primary N) is 1. The van der Waals surface area contributed by atoms with E-state index in [0.29, 0.717) is 0 Å². The van der Waals surface area contributed by atoms with Gasteiger partial charge in [-0.15, -0.1) is 0 Å². The molecule has 0 radical (unpaired) electrons. The standard InChI is InChI=1S/C14H21N3O2S/c1-17(2)7-3-4-12-9-16-14-6-5-11(8-13(12)14)10-20(15,18)19/h5-6,8-9,16H,3-4,7,10H2,1-2H3,(H2,15,18,19). The van der Waals surface area contributed by atoms with Crippen LogP contribution in [0.15, 0.2) is 24.4 Å². The number of rotatable bonds is 6. The Morgan fingerprint density at radius 2 is 2.05 bits per heavy atom. The number of hydrogen-bond acceptors (Lipinski definition) is 3. The molecule has 2 rings (SSSR count). The lowest BCUT2D eigenvalue weighted by Gasteiger charge is -2.08. The van der Waals surface area contributed by atoms with Gasteiger partial charge in [0.05, 0.1) is 5.75 Å². The van der Waals surface area contributed by atoms with Gasteiger partial charge in [-0.3, -0.25) is 0 Å². The molecule has 0 bridgehead atoms. The van der Waals surface area contributed by atoms with Crippen LogP contribution < -0.4 is 5.14 Å². The Hall–Kier alpha value is -1.37. The summed E-state index contributed by atoms with van der Waals surface area (Å²) in [7, 11) is 0.623. The summed E-state index contributed by atoms with van der Waals surface area (Å²) in [5, 5.41) is 6.19. The second kappa shape index (κ2) is 5.95. The molecule has 0 aliphatic rings. The predicted molar refractivity (Wildman–Crippen MR) is 82.0 cm³/mol. The highest BCUT2D eigenvalue weighted by Crippen LogP contribution is 2.22. The SMILES string of the molecule is CN(C)CCCc1c[nH]c2ccc(CS(N)(=O)=O)cc12. The molecule has 110 valence electrons. The van der Waals surface area contributed by atoms with E-state index in [0.717, 1.165) is 35.9 Å². The van der Waals surface area contributed by atoms with Crippen molar-refractivity contribution in [1.29, 1.82) is 0 Å². The van der Waals surface area contributed by atoms with Crippen molar-refractivity contribution in [2.75, 3.05) is 20.6 Å². The van der Waals surface area contributed by atoms with Crippen LogP contribution in [-0.2, 0) is 22.2 Å². The fraction of sp³-hybridized carbons (Fsp3) is 0.429.